The van der Waals surface area contributed by atoms with E-state index in [1.54, 1.807) is 0 Å². The lowest BCUT2D eigenvalue weighted by Gasteiger charge is -1.97. The smallest absolute Gasteiger partial charge is 0.0193 e. The summed E-state index contributed by atoms with van der Waals surface area (Å²) in [6.07, 6.45) is 14.1. The Kier molecular flexibility index (Phi) is 5.92. The molecule has 0 aromatic rings. The molecule has 1 atom stereocenters. The summed E-state index contributed by atoms with van der Waals surface area (Å²) in [5, 5.41) is 3.34. The lowest BCUT2D eigenvalue weighted by Crippen LogP contribution is -1.89. The lowest BCUT2D eigenvalue weighted by atomic mass is 10.1. The molecule has 13 heavy (non-hydrogen) atoms. The maximum atomic E-state index is 3.34. The average Bonchev–Trinajstić information content (AvgIpc) is 2.93. The predicted molar refractivity (Wildman–Crippen MR) is 58.9 cm³/mol. The van der Waals surface area contributed by atoms with Crippen molar-refractivity contribution >= 4 is 0 Å². The quantitative estimate of drug-likeness (QED) is 0.346. The van der Waals surface area contributed by atoms with Gasteiger partial charge in [0.25, 0.3) is 0 Å². The molecule has 76 valence electrons. The van der Waals surface area contributed by atoms with Gasteiger partial charge >= 0.3 is 0 Å². The van der Waals surface area contributed by atoms with Crippen LogP contribution in [0, 0.1) is 0 Å². The van der Waals surface area contributed by atoms with Gasteiger partial charge in [0.1, 0.15) is 0 Å². The van der Waals surface area contributed by atoms with E-state index in [9.17, 15) is 0 Å². The molecule has 0 bridgehead atoms. The molecule has 0 saturated carbocycles. The van der Waals surface area contributed by atoms with Crippen LogP contribution in [0.2, 0.25) is 0 Å². The van der Waals surface area contributed by atoms with E-state index < -0.39 is 0 Å². The predicted octanol–water partition coefficient (Wildman–Crippen LogP) is 3.27. The Bertz CT molecular complexity index is 136. The second kappa shape index (κ2) is 7.14. The number of allylic oxidation sites excluding steroid dienone is 2. The van der Waals surface area contributed by atoms with E-state index in [2.05, 4.69) is 24.4 Å². The number of hydrogen-bond acceptors (Lipinski definition) is 1. The van der Waals surface area contributed by atoms with Gasteiger partial charge in [-0.25, -0.2) is 0 Å². The maximum absolute atomic E-state index is 3.34. The number of nitrogens with one attached hydrogen (secondary N) is 1. The van der Waals surface area contributed by atoms with Gasteiger partial charge in [0, 0.05) is 12.6 Å². The Morgan fingerprint density at radius 3 is 2.62 bits per heavy atom. The van der Waals surface area contributed by atoms with Crippen LogP contribution in [-0.4, -0.2) is 12.6 Å². The van der Waals surface area contributed by atoms with E-state index in [-0.39, 0.29) is 0 Å². The van der Waals surface area contributed by atoms with Gasteiger partial charge in [-0.1, -0.05) is 38.3 Å². The third kappa shape index (κ3) is 6.83. The summed E-state index contributed by atoms with van der Waals surface area (Å²) in [5.41, 5.74) is 0. The Morgan fingerprint density at radius 2 is 1.92 bits per heavy atom. The van der Waals surface area contributed by atoms with Crippen molar-refractivity contribution in [1.82, 2.24) is 5.32 Å². The summed E-state index contributed by atoms with van der Waals surface area (Å²) in [5.74, 6) is 0. The normalized spacial score (nSPS) is 21.2. The van der Waals surface area contributed by atoms with Crippen LogP contribution >= 0.6 is 0 Å². The van der Waals surface area contributed by atoms with E-state index in [0.717, 1.165) is 6.04 Å². The molecule has 1 aliphatic heterocycles. The molecule has 0 spiro atoms. The van der Waals surface area contributed by atoms with Crippen LogP contribution in [0.3, 0.4) is 0 Å². The van der Waals surface area contributed by atoms with Crippen molar-refractivity contribution < 1.29 is 0 Å². The van der Waals surface area contributed by atoms with Crippen molar-refractivity contribution in [3.63, 3.8) is 0 Å². The van der Waals surface area contributed by atoms with Crippen molar-refractivity contribution in [1.29, 1.82) is 0 Å². The van der Waals surface area contributed by atoms with Crippen molar-refractivity contribution in [2.45, 2.75) is 57.9 Å². The lowest BCUT2D eigenvalue weighted by molar-refractivity contribution is 0.613. The van der Waals surface area contributed by atoms with Gasteiger partial charge in [-0.3, -0.25) is 0 Å². The van der Waals surface area contributed by atoms with Gasteiger partial charge in [0.2, 0.25) is 0 Å². The van der Waals surface area contributed by atoms with Crippen molar-refractivity contribution in [3.8, 4) is 0 Å². The molecule has 1 heteroatoms. The summed E-state index contributed by atoms with van der Waals surface area (Å²) in [6.45, 7) is 3.47. The van der Waals surface area contributed by atoms with Gasteiger partial charge in [0.05, 0.1) is 0 Å². The Balaban J connectivity index is 1.70. The Hall–Kier alpha value is -0.300. The SMILES string of the molecule is CC/C=C/CCCCCCC1CN1. The first kappa shape index (κ1) is 10.8. The van der Waals surface area contributed by atoms with Gasteiger partial charge in [0.15, 0.2) is 0 Å². The molecular weight excluding hydrogens is 158 g/mol. The fourth-order valence-electron chi connectivity index (χ4n) is 1.58. The molecule has 0 amide bonds. The highest BCUT2D eigenvalue weighted by Crippen LogP contribution is 2.11. The van der Waals surface area contributed by atoms with Crippen LogP contribution < -0.4 is 5.32 Å². The highest BCUT2D eigenvalue weighted by Gasteiger charge is 2.18. The fraction of sp³-hybridized carbons (Fsp3) is 0.833. The topological polar surface area (TPSA) is 21.9 Å². The first-order valence-electron chi connectivity index (χ1n) is 5.82. The van der Waals surface area contributed by atoms with Crippen molar-refractivity contribution in [3.05, 3.63) is 12.2 Å². The van der Waals surface area contributed by atoms with E-state index in [4.69, 9.17) is 0 Å². The minimum absolute atomic E-state index is 0.889. The second-order valence-electron chi connectivity index (χ2n) is 3.98. The van der Waals surface area contributed by atoms with Crippen LogP contribution in [0.15, 0.2) is 12.2 Å². The fourth-order valence-corrected chi connectivity index (χ4v) is 1.58. The summed E-state index contributed by atoms with van der Waals surface area (Å²) >= 11 is 0. The molecule has 1 aliphatic rings. The van der Waals surface area contributed by atoms with Crippen molar-refractivity contribution in [2.24, 2.45) is 0 Å². The maximum Gasteiger partial charge on any atom is 0.0193 e. The molecule has 1 saturated heterocycles. The van der Waals surface area contributed by atoms with Gasteiger partial charge in [-0.2, -0.15) is 0 Å². The minimum Gasteiger partial charge on any atom is -0.311 e. The third-order valence-electron chi connectivity index (χ3n) is 2.57. The monoisotopic (exact) mass is 181 g/mol. The zero-order valence-corrected chi connectivity index (χ0v) is 8.89. The van der Waals surface area contributed by atoms with Crippen LogP contribution in [-0.2, 0) is 0 Å². The van der Waals surface area contributed by atoms with Crippen molar-refractivity contribution in [2.75, 3.05) is 6.54 Å². The molecular formula is C12H23N. The molecule has 1 nitrogen and oxygen atoms in total. The highest BCUT2D eigenvalue weighted by molar-refractivity contribution is 4.82. The minimum atomic E-state index is 0.889. The molecule has 1 N–H and O–H groups in total. The first-order chi connectivity index (χ1) is 6.43. The number of hydrogen-bond donors (Lipinski definition) is 1. The highest BCUT2D eigenvalue weighted by atomic mass is 15.1. The van der Waals surface area contributed by atoms with Crippen LogP contribution in [0.5, 0.6) is 0 Å². The summed E-state index contributed by atoms with van der Waals surface area (Å²) < 4.78 is 0. The zero-order chi connectivity index (χ0) is 9.36. The number of unbranched alkanes of at least 4 members (excludes halogenated alkanes) is 4. The molecule has 1 fully saturated rings. The molecule has 0 aliphatic carbocycles. The largest absolute Gasteiger partial charge is 0.311 e. The van der Waals surface area contributed by atoms with Crippen LogP contribution in [0.4, 0.5) is 0 Å². The first-order valence-corrected chi connectivity index (χ1v) is 5.82. The van der Waals surface area contributed by atoms with E-state index in [1.807, 2.05) is 0 Å². The number of rotatable bonds is 8. The van der Waals surface area contributed by atoms with Gasteiger partial charge < -0.3 is 5.32 Å². The van der Waals surface area contributed by atoms with E-state index in [0.29, 0.717) is 0 Å². The van der Waals surface area contributed by atoms with Crippen LogP contribution in [0.1, 0.15) is 51.9 Å². The molecule has 0 radical (unpaired) electrons. The molecule has 1 rings (SSSR count). The van der Waals surface area contributed by atoms with E-state index >= 15 is 0 Å². The summed E-state index contributed by atoms with van der Waals surface area (Å²) in [4.78, 5) is 0. The van der Waals surface area contributed by atoms with Gasteiger partial charge in [-0.15, -0.1) is 0 Å². The van der Waals surface area contributed by atoms with E-state index in [1.165, 1.54) is 51.5 Å². The molecule has 1 heterocycles. The zero-order valence-electron chi connectivity index (χ0n) is 8.89. The van der Waals surface area contributed by atoms with Gasteiger partial charge in [-0.05, 0) is 25.7 Å². The third-order valence-corrected chi connectivity index (χ3v) is 2.57. The Morgan fingerprint density at radius 1 is 1.15 bits per heavy atom. The molecule has 0 aromatic heterocycles. The second-order valence-corrected chi connectivity index (χ2v) is 3.98. The standard InChI is InChI=1S/C12H23N/c1-2-3-4-5-6-7-8-9-10-12-11-13-12/h3-4,12-13H,2,5-11H2,1H3/b4-3+. The van der Waals surface area contributed by atoms with Crippen LogP contribution in [0.25, 0.3) is 0 Å². The summed E-state index contributed by atoms with van der Waals surface area (Å²) in [6, 6.07) is 0.889. The Labute approximate surface area is 82.6 Å². The molecule has 1 unspecified atom stereocenters. The molecule has 0 aromatic carbocycles. The average molecular weight is 181 g/mol. The summed E-state index contributed by atoms with van der Waals surface area (Å²) in [7, 11) is 0.